The number of carbonyl (C=O) groups is 1. The van der Waals surface area contributed by atoms with E-state index in [-0.39, 0.29) is 29.0 Å². The fourth-order valence-corrected chi connectivity index (χ4v) is 2.01. The lowest BCUT2D eigenvalue weighted by Gasteiger charge is -2.17. The lowest BCUT2D eigenvalue weighted by molar-refractivity contribution is -0.159. The Morgan fingerprint density at radius 1 is 1.38 bits per heavy atom. The average Bonchev–Trinajstić information content (AvgIpc) is 2.96. The maximum absolute atomic E-state index is 12.4. The van der Waals surface area contributed by atoms with Crippen molar-refractivity contribution in [2.24, 2.45) is 0 Å². The van der Waals surface area contributed by atoms with Crippen molar-refractivity contribution in [2.45, 2.75) is 19.1 Å². The van der Waals surface area contributed by atoms with Gasteiger partial charge < -0.3 is 14.7 Å². The third kappa shape index (κ3) is 4.51. The molecule has 0 aliphatic heterocycles. The quantitative estimate of drug-likeness (QED) is 0.892. The molecule has 1 N–H and O–H groups in total. The normalized spacial score (nSPS) is 13.1. The van der Waals surface area contributed by atoms with Crippen LogP contribution in [0.2, 0.25) is 0 Å². The molecule has 2 aromatic rings. The molecule has 1 atom stereocenters. The van der Waals surface area contributed by atoms with E-state index in [0.29, 0.717) is 6.54 Å². The van der Waals surface area contributed by atoms with Gasteiger partial charge in [-0.2, -0.15) is 18.2 Å². The lowest BCUT2D eigenvalue weighted by Crippen LogP contribution is -2.39. The van der Waals surface area contributed by atoms with Gasteiger partial charge in [0.05, 0.1) is 0 Å². The predicted octanol–water partition coefficient (Wildman–Crippen LogP) is 1.83. The van der Waals surface area contributed by atoms with Gasteiger partial charge in [0.15, 0.2) is 0 Å². The summed E-state index contributed by atoms with van der Waals surface area (Å²) in [7, 11) is 3.77. The average molecular weight is 343 g/mol. The van der Waals surface area contributed by atoms with Crippen molar-refractivity contribution in [3.63, 3.8) is 0 Å². The molecule has 0 aliphatic carbocycles. The summed E-state index contributed by atoms with van der Waals surface area (Å²) < 4.78 is 41.4. The summed E-state index contributed by atoms with van der Waals surface area (Å²) in [5, 5.41) is 6.03. The van der Waals surface area contributed by atoms with Gasteiger partial charge >= 0.3 is 12.1 Å². The molecule has 2 aromatic heterocycles. The number of likely N-dealkylation sites (N-methyl/N-ethyl adjacent to an activating group) is 1. The summed E-state index contributed by atoms with van der Waals surface area (Å²) >= 11 is 0. The highest BCUT2D eigenvalue weighted by Gasteiger charge is 2.38. The molecule has 1 unspecified atom stereocenters. The summed E-state index contributed by atoms with van der Waals surface area (Å²) in [6.45, 7) is 2.51. The van der Waals surface area contributed by atoms with E-state index in [1.165, 1.54) is 18.3 Å². The number of hydrogen-bond donors (Lipinski definition) is 1. The van der Waals surface area contributed by atoms with Gasteiger partial charge in [-0.1, -0.05) is 5.16 Å². The zero-order valence-corrected chi connectivity index (χ0v) is 13.3. The summed E-state index contributed by atoms with van der Waals surface area (Å²) in [6.07, 6.45) is -3.49. The van der Waals surface area contributed by atoms with Crippen LogP contribution in [0.5, 0.6) is 0 Å². The second-order valence-corrected chi connectivity index (χ2v) is 5.49. The van der Waals surface area contributed by atoms with Gasteiger partial charge in [-0.25, -0.2) is 0 Å². The maximum atomic E-state index is 12.4. The number of carbonyl (C=O) groups excluding carboxylic acids is 1. The van der Waals surface area contributed by atoms with Crippen molar-refractivity contribution in [1.29, 1.82) is 0 Å². The summed E-state index contributed by atoms with van der Waals surface area (Å²) in [5.41, 5.74) is 0.357. The number of alkyl halides is 3. The van der Waals surface area contributed by atoms with Gasteiger partial charge in [-0.05, 0) is 33.2 Å². The van der Waals surface area contributed by atoms with E-state index in [1.807, 2.05) is 25.9 Å². The van der Waals surface area contributed by atoms with Crippen molar-refractivity contribution in [2.75, 3.05) is 20.6 Å². The molecule has 0 saturated heterocycles. The van der Waals surface area contributed by atoms with Gasteiger partial charge in [0.1, 0.15) is 5.69 Å². The van der Waals surface area contributed by atoms with Crippen LogP contribution in [0.1, 0.15) is 23.3 Å². The summed E-state index contributed by atoms with van der Waals surface area (Å²) in [5.74, 6) is -2.06. The molecule has 0 aliphatic rings. The minimum absolute atomic E-state index is 0.0828. The molecule has 0 spiro atoms. The predicted molar refractivity (Wildman–Crippen MR) is 78.0 cm³/mol. The lowest BCUT2D eigenvalue weighted by atomic mass is 10.2. The molecule has 24 heavy (non-hydrogen) atoms. The Balaban J connectivity index is 2.07. The van der Waals surface area contributed by atoms with E-state index in [2.05, 4.69) is 25.0 Å². The van der Waals surface area contributed by atoms with Crippen LogP contribution < -0.4 is 5.32 Å². The molecular formula is C14H16F3N5O2. The Hall–Kier alpha value is -2.49. The topological polar surface area (TPSA) is 84.2 Å². The summed E-state index contributed by atoms with van der Waals surface area (Å²) in [6, 6.07) is 2.71. The van der Waals surface area contributed by atoms with E-state index in [0.717, 1.165) is 0 Å². The van der Waals surface area contributed by atoms with Crippen LogP contribution in [0, 0.1) is 0 Å². The van der Waals surface area contributed by atoms with Crippen LogP contribution >= 0.6 is 0 Å². The number of hydrogen-bond acceptors (Lipinski definition) is 6. The number of halogens is 3. The third-order valence-corrected chi connectivity index (χ3v) is 2.94. The fraction of sp³-hybridized carbons (Fsp3) is 0.429. The Morgan fingerprint density at radius 3 is 2.58 bits per heavy atom. The Labute approximate surface area is 135 Å². The molecule has 7 nitrogen and oxygen atoms in total. The number of aromatic nitrogens is 3. The van der Waals surface area contributed by atoms with Crippen molar-refractivity contribution in [3.8, 4) is 11.4 Å². The van der Waals surface area contributed by atoms with Gasteiger partial charge in [0, 0.05) is 24.3 Å². The molecule has 0 fully saturated rings. The van der Waals surface area contributed by atoms with Gasteiger partial charge in [-0.15, -0.1) is 0 Å². The number of pyridine rings is 1. The fourth-order valence-electron chi connectivity index (χ4n) is 2.01. The second-order valence-electron chi connectivity index (χ2n) is 5.49. The van der Waals surface area contributed by atoms with Crippen LogP contribution in [0.25, 0.3) is 11.4 Å². The Bertz CT molecular complexity index is 697. The standard InChI is InChI=1S/C14H16F3N5O2/c1-8(7-22(2)3)19-12(23)10-5-4-9(6-18-10)11-20-13(24-21-11)14(15,16)17/h4-6,8H,7H2,1-3H3,(H,19,23). The molecule has 130 valence electrons. The van der Waals surface area contributed by atoms with Crippen LogP contribution in [-0.2, 0) is 6.18 Å². The van der Waals surface area contributed by atoms with Crippen molar-refractivity contribution < 1.29 is 22.5 Å². The first-order valence-electron chi connectivity index (χ1n) is 6.99. The van der Waals surface area contributed by atoms with Crippen molar-refractivity contribution in [1.82, 2.24) is 25.3 Å². The van der Waals surface area contributed by atoms with Crippen molar-refractivity contribution in [3.05, 3.63) is 29.9 Å². The number of rotatable bonds is 5. The SMILES string of the molecule is CC(CN(C)C)NC(=O)c1ccc(-c2noc(C(F)(F)F)n2)cn1. The number of nitrogens with zero attached hydrogens (tertiary/aromatic N) is 4. The van der Waals surface area contributed by atoms with Crippen LogP contribution in [0.15, 0.2) is 22.9 Å². The maximum Gasteiger partial charge on any atom is 0.471 e. The van der Waals surface area contributed by atoms with E-state index in [9.17, 15) is 18.0 Å². The van der Waals surface area contributed by atoms with Gasteiger partial charge in [0.2, 0.25) is 5.82 Å². The van der Waals surface area contributed by atoms with Crippen LogP contribution in [0.3, 0.4) is 0 Å². The highest BCUT2D eigenvalue weighted by Crippen LogP contribution is 2.29. The number of nitrogens with one attached hydrogen (secondary N) is 1. The minimum Gasteiger partial charge on any atom is -0.347 e. The molecule has 0 radical (unpaired) electrons. The largest absolute Gasteiger partial charge is 0.471 e. The second kappa shape index (κ2) is 6.95. The molecule has 2 rings (SSSR count). The van der Waals surface area contributed by atoms with Gasteiger partial charge in [-0.3, -0.25) is 9.78 Å². The molecule has 1 amide bonds. The smallest absolute Gasteiger partial charge is 0.347 e. The minimum atomic E-state index is -4.71. The molecule has 10 heteroatoms. The van der Waals surface area contributed by atoms with E-state index < -0.39 is 12.1 Å². The molecule has 0 aromatic carbocycles. The van der Waals surface area contributed by atoms with E-state index in [1.54, 1.807) is 0 Å². The monoisotopic (exact) mass is 343 g/mol. The van der Waals surface area contributed by atoms with Crippen molar-refractivity contribution >= 4 is 5.91 Å². The van der Waals surface area contributed by atoms with E-state index in [4.69, 9.17) is 0 Å². The first-order chi connectivity index (χ1) is 11.2. The van der Waals surface area contributed by atoms with Crippen LogP contribution in [-0.4, -0.2) is 52.6 Å². The first kappa shape index (κ1) is 17.9. The van der Waals surface area contributed by atoms with E-state index >= 15 is 0 Å². The van der Waals surface area contributed by atoms with Crippen LogP contribution in [0.4, 0.5) is 13.2 Å². The zero-order chi connectivity index (χ0) is 17.9. The molecular weight excluding hydrogens is 327 g/mol. The zero-order valence-electron chi connectivity index (χ0n) is 13.3. The first-order valence-corrected chi connectivity index (χ1v) is 6.99. The third-order valence-electron chi connectivity index (χ3n) is 2.94. The highest BCUT2D eigenvalue weighted by molar-refractivity contribution is 5.92. The Kier molecular flexibility index (Phi) is 5.17. The van der Waals surface area contributed by atoms with Gasteiger partial charge in [0.25, 0.3) is 5.91 Å². The number of amides is 1. The molecule has 0 bridgehead atoms. The Morgan fingerprint density at radius 2 is 2.08 bits per heavy atom. The highest BCUT2D eigenvalue weighted by atomic mass is 19.4. The molecule has 2 heterocycles. The summed E-state index contributed by atoms with van der Waals surface area (Å²) in [4.78, 5) is 21.1. The molecule has 0 saturated carbocycles.